The second kappa shape index (κ2) is 9.38. The standard InChI is InChI=1S/C23H26F3N3O4S/c1-15-13-18(14-20(16(15)2)34(32,33)27(3)4)22(31)29-11-9-28(10-12-29)21(30)17-5-7-19(8-6-17)23(24,25)26/h5-8,13-14H,9-12H2,1-4H3. The minimum Gasteiger partial charge on any atom is -0.335 e. The van der Waals surface area contributed by atoms with Gasteiger partial charge in [0.1, 0.15) is 0 Å². The van der Waals surface area contributed by atoms with Gasteiger partial charge in [-0.05, 0) is 61.4 Å². The molecular weight excluding hydrogens is 471 g/mol. The highest BCUT2D eigenvalue weighted by atomic mass is 32.2. The van der Waals surface area contributed by atoms with Gasteiger partial charge >= 0.3 is 6.18 Å². The van der Waals surface area contributed by atoms with E-state index in [2.05, 4.69) is 0 Å². The molecule has 1 heterocycles. The monoisotopic (exact) mass is 497 g/mol. The Morgan fingerprint density at radius 2 is 1.32 bits per heavy atom. The molecule has 2 aromatic carbocycles. The first-order valence-electron chi connectivity index (χ1n) is 10.5. The van der Waals surface area contributed by atoms with Crippen LogP contribution in [0.3, 0.4) is 0 Å². The third kappa shape index (κ3) is 5.10. The largest absolute Gasteiger partial charge is 0.416 e. The number of carbonyl (C=O) groups is 2. The van der Waals surface area contributed by atoms with E-state index in [1.807, 2.05) is 0 Å². The molecule has 0 aromatic heterocycles. The average Bonchev–Trinajstić information content (AvgIpc) is 2.79. The van der Waals surface area contributed by atoms with Crippen LogP contribution in [0.15, 0.2) is 41.3 Å². The molecule has 1 aliphatic heterocycles. The number of amides is 2. The first-order chi connectivity index (χ1) is 15.7. The Bertz CT molecular complexity index is 1200. The Balaban J connectivity index is 1.73. The lowest BCUT2D eigenvalue weighted by Gasteiger charge is -2.35. The Hall–Kier alpha value is -2.92. The Morgan fingerprint density at radius 1 is 0.853 bits per heavy atom. The lowest BCUT2D eigenvalue weighted by Crippen LogP contribution is -2.50. The topological polar surface area (TPSA) is 78.0 Å². The number of sulfonamides is 1. The van der Waals surface area contributed by atoms with Gasteiger partial charge < -0.3 is 9.80 Å². The maximum Gasteiger partial charge on any atom is 0.416 e. The molecule has 3 rings (SSSR count). The fourth-order valence-electron chi connectivity index (χ4n) is 3.69. The van der Waals surface area contributed by atoms with Crippen molar-refractivity contribution in [2.75, 3.05) is 40.3 Å². The van der Waals surface area contributed by atoms with Crippen LogP contribution in [0.1, 0.15) is 37.4 Å². The highest BCUT2D eigenvalue weighted by Gasteiger charge is 2.31. The third-order valence-corrected chi connectivity index (χ3v) is 7.88. The van der Waals surface area contributed by atoms with E-state index in [1.54, 1.807) is 19.9 Å². The van der Waals surface area contributed by atoms with Crippen LogP contribution >= 0.6 is 0 Å². The highest BCUT2D eigenvalue weighted by molar-refractivity contribution is 7.89. The Morgan fingerprint density at radius 3 is 1.76 bits per heavy atom. The van der Waals surface area contributed by atoms with Crippen LogP contribution in [0.5, 0.6) is 0 Å². The van der Waals surface area contributed by atoms with Gasteiger partial charge in [-0.1, -0.05) is 0 Å². The molecule has 0 saturated carbocycles. The van der Waals surface area contributed by atoms with Crippen molar-refractivity contribution in [3.63, 3.8) is 0 Å². The van der Waals surface area contributed by atoms with Crippen molar-refractivity contribution in [2.24, 2.45) is 0 Å². The molecule has 184 valence electrons. The summed E-state index contributed by atoms with van der Waals surface area (Å²) >= 11 is 0. The number of nitrogens with zero attached hydrogens (tertiary/aromatic N) is 3. The third-order valence-electron chi connectivity index (χ3n) is 5.94. The van der Waals surface area contributed by atoms with Crippen molar-refractivity contribution in [2.45, 2.75) is 24.9 Å². The van der Waals surface area contributed by atoms with Crippen molar-refractivity contribution in [1.29, 1.82) is 0 Å². The lowest BCUT2D eigenvalue weighted by atomic mass is 10.0. The molecule has 0 spiro atoms. The summed E-state index contributed by atoms with van der Waals surface area (Å²) in [7, 11) is -0.896. The van der Waals surface area contributed by atoms with Crippen LogP contribution in [0.2, 0.25) is 0 Å². The van der Waals surface area contributed by atoms with Crippen LogP contribution in [-0.4, -0.2) is 74.6 Å². The van der Waals surface area contributed by atoms with E-state index >= 15 is 0 Å². The number of piperazine rings is 1. The van der Waals surface area contributed by atoms with Crippen molar-refractivity contribution >= 4 is 21.8 Å². The summed E-state index contributed by atoms with van der Waals surface area (Å²) in [5, 5.41) is 0. The molecule has 0 unspecified atom stereocenters. The molecule has 34 heavy (non-hydrogen) atoms. The molecule has 7 nitrogen and oxygen atoms in total. The lowest BCUT2D eigenvalue weighted by molar-refractivity contribution is -0.137. The number of benzene rings is 2. The molecule has 11 heteroatoms. The molecule has 0 atom stereocenters. The maximum atomic E-state index is 13.1. The van der Waals surface area contributed by atoms with Crippen molar-refractivity contribution < 1.29 is 31.2 Å². The van der Waals surface area contributed by atoms with Crippen LogP contribution in [0, 0.1) is 13.8 Å². The number of hydrogen-bond acceptors (Lipinski definition) is 4. The molecule has 1 fully saturated rings. The maximum absolute atomic E-state index is 13.1. The zero-order valence-electron chi connectivity index (χ0n) is 19.3. The second-order valence-electron chi connectivity index (χ2n) is 8.36. The predicted molar refractivity (Wildman–Crippen MR) is 120 cm³/mol. The summed E-state index contributed by atoms with van der Waals surface area (Å²) < 4.78 is 64.7. The molecule has 1 saturated heterocycles. The predicted octanol–water partition coefficient (Wildman–Crippen LogP) is 3.17. The van der Waals surface area contributed by atoms with Gasteiger partial charge in [0, 0.05) is 51.4 Å². The molecule has 0 radical (unpaired) electrons. The molecule has 0 bridgehead atoms. The van der Waals surface area contributed by atoms with E-state index in [9.17, 15) is 31.2 Å². The Kier molecular flexibility index (Phi) is 7.09. The molecule has 2 amide bonds. The number of aryl methyl sites for hydroxylation is 1. The summed E-state index contributed by atoms with van der Waals surface area (Å²) in [6.07, 6.45) is -4.48. The average molecular weight is 498 g/mol. The van der Waals surface area contributed by atoms with Gasteiger partial charge in [-0.3, -0.25) is 9.59 Å². The van der Waals surface area contributed by atoms with E-state index in [-0.39, 0.29) is 48.1 Å². The first-order valence-corrected chi connectivity index (χ1v) is 12.0. The van der Waals surface area contributed by atoms with Gasteiger partial charge in [-0.25, -0.2) is 12.7 Å². The van der Waals surface area contributed by atoms with E-state index in [0.717, 1.165) is 28.6 Å². The summed E-state index contributed by atoms with van der Waals surface area (Å²) in [6.45, 7) is 4.27. The number of rotatable bonds is 4. The smallest absolute Gasteiger partial charge is 0.335 e. The van der Waals surface area contributed by atoms with Crippen LogP contribution in [0.4, 0.5) is 13.2 Å². The van der Waals surface area contributed by atoms with E-state index < -0.39 is 27.7 Å². The number of carbonyl (C=O) groups excluding carboxylic acids is 2. The van der Waals surface area contributed by atoms with Crippen molar-refractivity contribution in [1.82, 2.24) is 14.1 Å². The first kappa shape index (κ1) is 25.7. The zero-order valence-corrected chi connectivity index (χ0v) is 20.1. The van der Waals surface area contributed by atoms with E-state index in [1.165, 1.54) is 30.0 Å². The van der Waals surface area contributed by atoms with Crippen molar-refractivity contribution in [3.05, 3.63) is 64.2 Å². The van der Waals surface area contributed by atoms with Gasteiger partial charge in [-0.2, -0.15) is 13.2 Å². The Labute approximate surface area is 196 Å². The zero-order chi connectivity index (χ0) is 25.4. The minimum absolute atomic E-state index is 0.0666. The second-order valence-corrected chi connectivity index (χ2v) is 10.5. The summed E-state index contributed by atoms with van der Waals surface area (Å²) in [4.78, 5) is 28.9. The summed E-state index contributed by atoms with van der Waals surface area (Å²) in [5.74, 6) is -0.758. The fourth-order valence-corrected chi connectivity index (χ4v) is 4.91. The molecule has 0 N–H and O–H groups in total. The molecular formula is C23H26F3N3O4S. The SMILES string of the molecule is Cc1cc(C(=O)N2CCN(C(=O)c3ccc(C(F)(F)F)cc3)CC2)cc(S(=O)(=O)N(C)C)c1C. The number of hydrogen-bond donors (Lipinski definition) is 0. The van der Waals surface area contributed by atoms with Crippen LogP contribution < -0.4 is 0 Å². The molecule has 0 aliphatic carbocycles. The van der Waals surface area contributed by atoms with E-state index in [4.69, 9.17) is 0 Å². The quantitative estimate of drug-likeness (QED) is 0.650. The summed E-state index contributed by atoms with van der Waals surface area (Å²) in [6, 6.07) is 7.04. The van der Waals surface area contributed by atoms with Crippen molar-refractivity contribution in [3.8, 4) is 0 Å². The van der Waals surface area contributed by atoms with Gasteiger partial charge in [0.05, 0.1) is 10.5 Å². The van der Waals surface area contributed by atoms with Crippen LogP contribution in [0.25, 0.3) is 0 Å². The van der Waals surface area contributed by atoms with E-state index in [0.29, 0.717) is 11.1 Å². The molecule has 1 aliphatic rings. The highest BCUT2D eigenvalue weighted by Crippen LogP contribution is 2.29. The minimum atomic E-state index is -4.48. The van der Waals surface area contributed by atoms with Gasteiger partial charge in [0.15, 0.2) is 0 Å². The van der Waals surface area contributed by atoms with Crippen LogP contribution in [-0.2, 0) is 16.2 Å². The molecule has 2 aromatic rings. The normalized spacial score (nSPS) is 15.1. The van der Waals surface area contributed by atoms with Gasteiger partial charge in [-0.15, -0.1) is 0 Å². The van der Waals surface area contributed by atoms with Gasteiger partial charge in [0.25, 0.3) is 11.8 Å². The number of halogens is 3. The summed E-state index contributed by atoms with van der Waals surface area (Å²) in [5.41, 5.74) is 0.787. The van der Waals surface area contributed by atoms with Gasteiger partial charge in [0.2, 0.25) is 10.0 Å². The number of alkyl halides is 3. The fraction of sp³-hybridized carbons (Fsp3) is 0.391.